The number of H-pyrrole nitrogens is 1. The van der Waals surface area contributed by atoms with E-state index in [0.717, 1.165) is 36.9 Å². The highest BCUT2D eigenvalue weighted by Crippen LogP contribution is 2.22. The molecule has 0 unspecified atom stereocenters. The fourth-order valence-electron chi connectivity index (χ4n) is 3.01. The minimum Gasteiger partial charge on any atom is -0.446 e. The van der Waals surface area contributed by atoms with Gasteiger partial charge in [0.2, 0.25) is 5.56 Å². The molecule has 5 nitrogen and oxygen atoms in total. The van der Waals surface area contributed by atoms with Gasteiger partial charge >= 0.3 is 6.09 Å². The van der Waals surface area contributed by atoms with E-state index in [2.05, 4.69) is 4.98 Å². The summed E-state index contributed by atoms with van der Waals surface area (Å²) in [5, 5.41) is 0. The Kier molecular flexibility index (Phi) is 3.76. The second-order valence-corrected chi connectivity index (χ2v) is 5.64. The van der Waals surface area contributed by atoms with Crippen molar-refractivity contribution in [3.8, 4) is 0 Å². The maximum absolute atomic E-state index is 12.2. The number of aromatic amines is 1. The van der Waals surface area contributed by atoms with Crippen molar-refractivity contribution in [3.63, 3.8) is 0 Å². The van der Waals surface area contributed by atoms with E-state index in [-0.39, 0.29) is 17.8 Å². The van der Waals surface area contributed by atoms with Crippen molar-refractivity contribution in [2.24, 2.45) is 0 Å². The van der Waals surface area contributed by atoms with Crippen LogP contribution in [0.25, 0.3) is 0 Å². The first-order valence-electron chi connectivity index (χ1n) is 7.39. The number of rotatable bonds is 1. The highest BCUT2D eigenvalue weighted by atomic mass is 16.6. The van der Waals surface area contributed by atoms with Crippen LogP contribution in [0.5, 0.6) is 0 Å². The molecule has 0 saturated heterocycles. The predicted molar refractivity (Wildman–Crippen MR) is 74.5 cm³/mol. The molecule has 0 atom stereocenters. The van der Waals surface area contributed by atoms with E-state index in [0.29, 0.717) is 19.5 Å². The molecule has 1 amide bonds. The van der Waals surface area contributed by atoms with E-state index in [1.165, 1.54) is 12.5 Å². The largest absolute Gasteiger partial charge is 0.446 e. The Bertz CT molecular complexity index is 546. The van der Waals surface area contributed by atoms with E-state index < -0.39 is 0 Å². The van der Waals surface area contributed by atoms with Gasteiger partial charge in [-0.25, -0.2) is 4.79 Å². The van der Waals surface area contributed by atoms with Crippen molar-refractivity contribution in [2.75, 3.05) is 6.54 Å². The molecule has 1 aromatic rings. The number of nitrogens with one attached hydrogen (secondary N) is 1. The summed E-state index contributed by atoms with van der Waals surface area (Å²) in [5.74, 6) is 0. The molecule has 0 radical (unpaired) electrons. The molecule has 0 spiro atoms. The van der Waals surface area contributed by atoms with Gasteiger partial charge in [0.1, 0.15) is 6.10 Å². The van der Waals surface area contributed by atoms with Crippen LogP contribution in [0.3, 0.4) is 0 Å². The minimum atomic E-state index is -0.214. The second kappa shape index (κ2) is 5.69. The van der Waals surface area contributed by atoms with Gasteiger partial charge in [0, 0.05) is 24.7 Å². The number of fused-ring (bicyclic) bond motifs is 1. The number of pyridine rings is 1. The van der Waals surface area contributed by atoms with Gasteiger partial charge in [-0.1, -0.05) is 12.5 Å². The van der Waals surface area contributed by atoms with Crippen molar-refractivity contribution in [2.45, 2.75) is 51.2 Å². The van der Waals surface area contributed by atoms with Gasteiger partial charge < -0.3 is 14.6 Å². The van der Waals surface area contributed by atoms with Crippen LogP contribution in [-0.2, 0) is 17.7 Å². The van der Waals surface area contributed by atoms with Crippen LogP contribution >= 0.6 is 0 Å². The molecule has 1 aromatic heterocycles. The number of carbonyl (C=O) groups is 1. The van der Waals surface area contributed by atoms with Crippen molar-refractivity contribution < 1.29 is 9.53 Å². The lowest BCUT2D eigenvalue weighted by Gasteiger charge is -2.30. The molecule has 2 heterocycles. The van der Waals surface area contributed by atoms with E-state index in [9.17, 15) is 9.59 Å². The fourth-order valence-corrected chi connectivity index (χ4v) is 3.01. The van der Waals surface area contributed by atoms with Crippen LogP contribution in [0.4, 0.5) is 4.79 Å². The Balaban J connectivity index is 1.62. The number of hydrogen-bond donors (Lipinski definition) is 1. The first-order valence-corrected chi connectivity index (χ1v) is 7.39. The number of nitrogens with zero attached hydrogens (tertiary/aromatic N) is 1. The van der Waals surface area contributed by atoms with Gasteiger partial charge in [-0.15, -0.1) is 0 Å². The third-order valence-corrected chi connectivity index (χ3v) is 4.17. The summed E-state index contributed by atoms with van der Waals surface area (Å²) in [6.07, 6.45) is 6.10. The van der Waals surface area contributed by atoms with Crippen molar-refractivity contribution >= 4 is 6.09 Å². The lowest BCUT2D eigenvalue weighted by atomic mass is 9.98. The maximum atomic E-state index is 12.2. The molecule has 1 aliphatic heterocycles. The summed E-state index contributed by atoms with van der Waals surface area (Å²) in [4.78, 5) is 28.0. The number of hydrogen-bond acceptors (Lipinski definition) is 3. The maximum Gasteiger partial charge on any atom is 0.410 e. The standard InChI is InChI=1S/C15H20N2O3/c18-14-7-6-11-10-17(9-8-13(11)16-14)15(19)20-12-4-2-1-3-5-12/h6-7,12H,1-5,8-10H2,(H,16,18). The highest BCUT2D eigenvalue weighted by molar-refractivity contribution is 5.68. The molecule has 3 rings (SSSR count). The zero-order valence-corrected chi connectivity index (χ0v) is 11.6. The minimum absolute atomic E-state index is 0.0815. The van der Waals surface area contributed by atoms with Gasteiger partial charge in [0.25, 0.3) is 0 Å². The monoisotopic (exact) mass is 276 g/mol. The van der Waals surface area contributed by atoms with Crippen LogP contribution in [0.15, 0.2) is 16.9 Å². The molecule has 108 valence electrons. The quantitative estimate of drug-likeness (QED) is 0.855. The molecule has 1 fully saturated rings. The molecule has 20 heavy (non-hydrogen) atoms. The molecule has 1 N–H and O–H groups in total. The number of aromatic nitrogens is 1. The summed E-state index contributed by atoms with van der Waals surface area (Å²) < 4.78 is 5.58. The van der Waals surface area contributed by atoms with Gasteiger partial charge in [-0.3, -0.25) is 4.79 Å². The molecular weight excluding hydrogens is 256 g/mol. The molecule has 1 saturated carbocycles. The summed E-state index contributed by atoms with van der Waals surface area (Å²) in [6, 6.07) is 3.31. The topological polar surface area (TPSA) is 62.4 Å². The van der Waals surface area contributed by atoms with E-state index in [1.54, 1.807) is 11.0 Å². The van der Waals surface area contributed by atoms with Crippen LogP contribution < -0.4 is 5.56 Å². The van der Waals surface area contributed by atoms with E-state index in [4.69, 9.17) is 4.74 Å². The molecule has 2 aliphatic rings. The highest BCUT2D eigenvalue weighted by Gasteiger charge is 2.25. The molecule has 0 aromatic carbocycles. The van der Waals surface area contributed by atoms with Crippen molar-refractivity contribution in [1.82, 2.24) is 9.88 Å². The van der Waals surface area contributed by atoms with E-state index >= 15 is 0 Å². The summed E-state index contributed by atoms with van der Waals surface area (Å²) >= 11 is 0. The van der Waals surface area contributed by atoms with Crippen molar-refractivity contribution in [3.05, 3.63) is 33.7 Å². The molecule has 1 aliphatic carbocycles. The third-order valence-electron chi connectivity index (χ3n) is 4.17. The van der Waals surface area contributed by atoms with Gasteiger partial charge in [0.15, 0.2) is 0 Å². The third kappa shape index (κ3) is 2.86. The zero-order chi connectivity index (χ0) is 13.9. The lowest BCUT2D eigenvalue weighted by molar-refractivity contribution is 0.0427. The Morgan fingerprint density at radius 1 is 1.25 bits per heavy atom. The Morgan fingerprint density at radius 2 is 2.05 bits per heavy atom. The average Bonchev–Trinajstić information content (AvgIpc) is 2.47. The first kappa shape index (κ1) is 13.2. The van der Waals surface area contributed by atoms with Crippen LogP contribution in [0, 0.1) is 0 Å². The summed E-state index contributed by atoms with van der Waals surface area (Å²) in [5.41, 5.74) is 1.87. The number of amides is 1. The average molecular weight is 276 g/mol. The molecular formula is C15H20N2O3. The lowest BCUT2D eigenvalue weighted by Crippen LogP contribution is -2.39. The Morgan fingerprint density at radius 3 is 2.85 bits per heavy atom. The SMILES string of the molecule is O=C(OC1CCCCC1)N1CCc2[nH]c(=O)ccc2C1. The van der Waals surface area contributed by atoms with E-state index in [1.807, 2.05) is 0 Å². The van der Waals surface area contributed by atoms with Crippen LogP contribution in [0.1, 0.15) is 43.4 Å². The van der Waals surface area contributed by atoms with Crippen LogP contribution in [0.2, 0.25) is 0 Å². The Labute approximate surface area is 117 Å². The Hall–Kier alpha value is -1.78. The van der Waals surface area contributed by atoms with Crippen molar-refractivity contribution in [1.29, 1.82) is 0 Å². The van der Waals surface area contributed by atoms with Gasteiger partial charge in [0.05, 0.1) is 6.54 Å². The smallest absolute Gasteiger partial charge is 0.410 e. The summed E-state index contributed by atoms with van der Waals surface area (Å²) in [6.45, 7) is 1.14. The molecule has 0 bridgehead atoms. The fraction of sp³-hybridized carbons (Fsp3) is 0.600. The molecule has 5 heteroatoms. The zero-order valence-electron chi connectivity index (χ0n) is 11.6. The summed E-state index contributed by atoms with van der Waals surface area (Å²) in [7, 11) is 0. The first-order chi connectivity index (χ1) is 9.72. The normalized spacial score (nSPS) is 19.5. The predicted octanol–water partition coefficient (Wildman–Crippen LogP) is 2.20. The number of carbonyl (C=O) groups excluding carboxylic acids is 1. The van der Waals surface area contributed by atoms with Crippen LogP contribution in [-0.4, -0.2) is 28.6 Å². The number of ether oxygens (including phenoxy) is 1. The van der Waals surface area contributed by atoms with Gasteiger partial charge in [-0.2, -0.15) is 0 Å². The second-order valence-electron chi connectivity index (χ2n) is 5.64. The van der Waals surface area contributed by atoms with Gasteiger partial charge in [-0.05, 0) is 31.2 Å².